The number of non-ortho nitro benzene ring substituents is 1. The summed E-state index contributed by atoms with van der Waals surface area (Å²) in [7, 11) is 0. The maximum Gasteiger partial charge on any atom is 0.514 e. The van der Waals surface area contributed by atoms with Gasteiger partial charge in [-0.15, -0.1) is 0 Å². The van der Waals surface area contributed by atoms with Gasteiger partial charge in [0.15, 0.2) is 0 Å². The van der Waals surface area contributed by atoms with E-state index in [2.05, 4.69) is 21.3 Å². The first-order valence-corrected chi connectivity index (χ1v) is 20.7. The van der Waals surface area contributed by atoms with Crippen molar-refractivity contribution in [3.8, 4) is 5.75 Å². The molecule has 0 radical (unpaired) electrons. The number of imide groups is 1. The molecule has 0 aromatic heterocycles. The molecule has 64 heavy (non-hydrogen) atoms. The lowest BCUT2D eigenvalue weighted by molar-refractivity contribution is -0.384. The molecule has 2 aromatic carbocycles. The van der Waals surface area contributed by atoms with Gasteiger partial charge in [0.05, 0.1) is 51.1 Å². The molecule has 2 aromatic rings. The highest BCUT2D eigenvalue weighted by Crippen LogP contribution is 2.19. The van der Waals surface area contributed by atoms with Crippen LogP contribution in [0.25, 0.3) is 0 Å². The van der Waals surface area contributed by atoms with Gasteiger partial charge < -0.3 is 49.7 Å². The lowest BCUT2D eigenvalue weighted by atomic mass is 10.0. The first-order valence-electron chi connectivity index (χ1n) is 20.7. The molecule has 1 heterocycles. The summed E-state index contributed by atoms with van der Waals surface area (Å²) in [5.74, 6) is -2.58. The first kappa shape index (κ1) is 51.9. The van der Waals surface area contributed by atoms with Crippen molar-refractivity contribution in [3.63, 3.8) is 0 Å². The Balaban J connectivity index is 1.46. The predicted octanol–water partition coefficient (Wildman–Crippen LogP) is 3.93. The Morgan fingerprint density at radius 3 is 1.98 bits per heavy atom. The van der Waals surface area contributed by atoms with Crippen molar-refractivity contribution in [2.45, 2.75) is 84.6 Å². The zero-order valence-electron chi connectivity index (χ0n) is 36.7. The van der Waals surface area contributed by atoms with Crippen LogP contribution in [0.4, 0.5) is 21.0 Å². The zero-order chi connectivity index (χ0) is 47.1. The quantitative estimate of drug-likeness (QED) is 0.0247. The Morgan fingerprint density at radius 1 is 0.781 bits per heavy atom. The van der Waals surface area contributed by atoms with E-state index in [9.17, 15) is 43.7 Å². The number of unbranched alkanes of at least 4 members (excludes halogenated alkanes) is 1. The summed E-state index contributed by atoms with van der Waals surface area (Å²) in [5, 5.41) is 21.8. The first-order chi connectivity index (χ1) is 30.4. The number of rotatable bonds is 27. The van der Waals surface area contributed by atoms with Gasteiger partial charge in [0.1, 0.15) is 30.0 Å². The number of nitrogens with zero attached hydrogens (tertiary/aromatic N) is 2. The normalized spacial score (nSPS) is 13.2. The van der Waals surface area contributed by atoms with Crippen molar-refractivity contribution in [1.29, 1.82) is 0 Å². The number of nitrogens with one attached hydrogen (secondary N) is 4. The molecule has 0 spiro atoms. The lowest BCUT2D eigenvalue weighted by Gasteiger charge is -2.25. The number of anilines is 1. The summed E-state index contributed by atoms with van der Waals surface area (Å²) in [6, 6.07) is 9.25. The highest BCUT2D eigenvalue weighted by Gasteiger charge is 2.29. The summed E-state index contributed by atoms with van der Waals surface area (Å²) in [6.07, 6.45) is 1.85. The van der Waals surface area contributed by atoms with E-state index in [1.54, 1.807) is 58.9 Å². The van der Waals surface area contributed by atoms with Crippen molar-refractivity contribution in [2.24, 2.45) is 5.92 Å². The molecule has 21 heteroatoms. The summed E-state index contributed by atoms with van der Waals surface area (Å²) in [5.41, 5.74) is 0.0984. The Kier molecular flexibility index (Phi) is 21.8. The van der Waals surface area contributed by atoms with Crippen LogP contribution in [0.5, 0.6) is 5.75 Å². The number of carbonyl (C=O) groups excluding carboxylic acids is 7. The maximum atomic E-state index is 13.6. The highest BCUT2D eigenvalue weighted by molar-refractivity contribution is 6.12. The molecule has 0 fully saturated rings. The van der Waals surface area contributed by atoms with E-state index in [0.29, 0.717) is 24.1 Å². The lowest BCUT2D eigenvalue weighted by Crippen LogP contribution is -2.54. The van der Waals surface area contributed by atoms with E-state index in [-0.39, 0.29) is 101 Å². The molecular formula is C43H58N6O15. The van der Waals surface area contributed by atoms with Crippen LogP contribution in [-0.4, -0.2) is 122 Å². The van der Waals surface area contributed by atoms with Crippen molar-refractivity contribution < 1.29 is 66.9 Å². The van der Waals surface area contributed by atoms with Crippen LogP contribution in [0.1, 0.15) is 65.9 Å². The molecule has 21 nitrogen and oxygen atoms in total. The standard InChI is InChI=1S/C43H58N6O15/c1-29(2)38(47-35(50)19-22-59-24-26-61-27-25-60-23-21-48-36(51)17-18-37(48)52)40(54)46-34(8-6-7-20-44-41(55)64-43(3,4)5)39(53)45-31-11-9-30(10-12-31)28-62-42(56)63-33-15-13-32(14-16-33)49(57)58/h9-18,29,34,38H,6-8,19-28H2,1-5H3,(H,44,55)(H,45,53)(H,46,54)(H,47,50)/t34-,38-/m0/s1. The van der Waals surface area contributed by atoms with Crippen LogP contribution < -0.4 is 26.0 Å². The number of hydrogen-bond acceptors (Lipinski definition) is 15. The summed E-state index contributed by atoms with van der Waals surface area (Å²) in [6.45, 7) is 10.2. The Labute approximate surface area is 371 Å². The zero-order valence-corrected chi connectivity index (χ0v) is 36.7. The van der Waals surface area contributed by atoms with Crippen molar-refractivity contribution >= 4 is 53.2 Å². The molecule has 0 bridgehead atoms. The number of ether oxygens (including phenoxy) is 6. The third kappa shape index (κ3) is 20.2. The fourth-order valence-corrected chi connectivity index (χ4v) is 5.62. The van der Waals surface area contributed by atoms with Crippen LogP contribution in [0.15, 0.2) is 60.7 Å². The number of nitro benzene ring substituents is 1. The van der Waals surface area contributed by atoms with Gasteiger partial charge in [-0.2, -0.15) is 0 Å². The number of amides is 6. The Bertz CT molecular complexity index is 1900. The van der Waals surface area contributed by atoms with Gasteiger partial charge >= 0.3 is 12.2 Å². The largest absolute Gasteiger partial charge is 0.514 e. The number of carbonyl (C=O) groups is 7. The number of hydrogen-bond donors (Lipinski definition) is 4. The number of benzene rings is 2. The molecule has 2 atom stereocenters. The molecule has 350 valence electrons. The minimum Gasteiger partial charge on any atom is -0.444 e. The topological polar surface area (TPSA) is 269 Å². The van der Waals surface area contributed by atoms with Crippen LogP contribution in [0, 0.1) is 16.0 Å². The number of alkyl carbamates (subject to hydrolysis) is 1. The summed E-state index contributed by atoms with van der Waals surface area (Å²) < 4.78 is 31.8. The van der Waals surface area contributed by atoms with Crippen LogP contribution in [0.3, 0.4) is 0 Å². The third-order valence-corrected chi connectivity index (χ3v) is 8.89. The van der Waals surface area contributed by atoms with Crippen molar-refractivity contribution in [2.75, 3.05) is 58.0 Å². The second kappa shape index (κ2) is 26.9. The Hall–Kier alpha value is -6.45. The van der Waals surface area contributed by atoms with E-state index >= 15 is 0 Å². The Morgan fingerprint density at radius 2 is 1.39 bits per heavy atom. The third-order valence-electron chi connectivity index (χ3n) is 8.89. The maximum absolute atomic E-state index is 13.6. The number of nitro groups is 1. The van der Waals surface area contributed by atoms with Gasteiger partial charge in [0.2, 0.25) is 17.7 Å². The smallest absolute Gasteiger partial charge is 0.444 e. The molecule has 0 saturated carbocycles. The average Bonchev–Trinajstić information content (AvgIpc) is 3.55. The van der Waals surface area contributed by atoms with E-state index in [1.807, 2.05) is 0 Å². The summed E-state index contributed by atoms with van der Waals surface area (Å²) >= 11 is 0. The molecule has 0 saturated heterocycles. The molecule has 6 amide bonds. The van der Waals surface area contributed by atoms with E-state index < -0.39 is 52.6 Å². The molecule has 0 unspecified atom stereocenters. The average molecular weight is 899 g/mol. The van der Waals surface area contributed by atoms with E-state index in [1.165, 1.54) is 36.4 Å². The predicted molar refractivity (Wildman–Crippen MR) is 229 cm³/mol. The van der Waals surface area contributed by atoms with Crippen LogP contribution in [-0.2, 0) is 54.3 Å². The van der Waals surface area contributed by atoms with E-state index in [0.717, 1.165) is 4.90 Å². The molecule has 3 rings (SSSR count). The van der Waals surface area contributed by atoms with Gasteiger partial charge in [-0.05, 0) is 75.8 Å². The molecule has 1 aliphatic heterocycles. The molecule has 1 aliphatic rings. The van der Waals surface area contributed by atoms with Crippen molar-refractivity contribution in [1.82, 2.24) is 20.9 Å². The van der Waals surface area contributed by atoms with Crippen LogP contribution >= 0.6 is 0 Å². The molecule has 4 N–H and O–H groups in total. The van der Waals surface area contributed by atoms with Gasteiger partial charge in [-0.1, -0.05) is 26.0 Å². The minimum absolute atomic E-state index is 0.0427. The molecule has 0 aliphatic carbocycles. The monoisotopic (exact) mass is 898 g/mol. The van der Waals surface area contributed by atoms with Crippen LogP contribution in [0.2, 0.25) is 0 Å². The van der Waals surface area contributed by atoms with E-state index in [4.69, 9.17) is 28.4 Å². The van der Waals surface area contributed by atoms with Gasteiger partial charge in [-0.3, -0.25) is 39.0 Å². The second-order valence-electron chi connectivity index (χ2n) is 15.6. The van der Waals surface area contributed by atoms with Gasteiger partial charge in [0.25, 0.3) is 17.5 Å². The van der Waals surface area contributed by atoms with Crippen molar-refractivity contribution in [3.05, 3.63) is 76.4 Å². The SMILES string of the molecule is CC(C)[C@H](NC(=O)CCOCCOCCOCCN1C(=O)C=CC1=O)C(=O)N[C@@H](CCCCNC(=O)OC(C)(C)C)C(=O)Nc1ccc(COC(=O)Oc2ccc([N+](=O)[O-])cc2)cc1. The van der Waals surface area contributed by atoms with Gasteiger partial charge in [-0.25, -0.2) is 9.59 Å². The fraction of sp³-hybridized carbons (Fsp3) is 0.512. The fourth-order valence-electron chi connectivity index (χ4n) is 5.62. The minimum atomic E-state index is -1.03. The molecular weight excluding hydrogens is 840 g/mol. The second-order valence-corrected chi connectivity index (χ2v) is 15.6. The summed E-state index contributed by atoms with van der Waals surface area (Å²) in [4.78, 5) is 98.8. The highest BCUT2D eigenvalue weighted by atomic mass is 16.7. The van der Waals surface area contributed by atoms with Gasteiger partial charge in [0, 0.05) is 42.9 Å².